The standard InChI is InChI=1S/C41H64O13/c1-20-36(46)29(42)16-34(49-20)53-38-22(3)51-35(18-31(38)44)54-37-21(2)50-33(17-30(37)43)52-25-8-11-39(4)24(15-25)6-7-28-27(39)9-12-40(5)26(10-13-41(28,40)47)23-14-32(45)48-19-23/h14,20-22,24-31,33-38,42-44,46-47H,6-13,15-19H2,1-5H3/t20-,21-,22-,24-,25+,26-,27+,28-,29?,30?,31?,33-,34+,35+,36-,37-,38-,39+,40-,41+/m1/s1. The number of aliphatic hydroxyl groups is 5. The SMILES string of the molecule is C[C@H]1O[C@@H](O[C@H]2C(O)C[C@H](O[C@H]3C(O)C[C@@H](O[C@H]4CC[C@@]5(C)[C@H](CC[C@@H]6[C@@H]5CC[C@]5(C)[C@@H](C7=CC(=O)OC7)CC[C@]65O)C4)O[C@@H]3C)O[C@@H]2C)CC(O)[C@@H]1O. The number of carbonyl (C=O) groups excluding carboxylic acids is 1. The number of esters is 1. The Bertz CT molecular complexity index is 1370. The van der Waals surface area contributed by atoms with E-state index in [1.165, 1.54) is 0 Å². The van der Waals surface area contributed by atoms with E-state index in [-0.39, 0.29) is 54.0 Å². The van der Waals surface area contributed by atoms with Crippen molar-refractivity contribution < 1.29 is 63.5 Å². The second-order valence-electron chi connectivity index (χ2n) is 18.7. The maximum atomic E-state index is 12.6. The molecule has 0 amide bonds. The number of aliphatic hydroxyl groups excluding tert-OH is 4. The molecule has 0 aromatic rings. The number of hydrogen-bond acceptors (Lipinski definition) is 13. The lowest BCUT2D eigenvalue weighted by atomic mass is 9.43. The predicted molar refractivity (Wildman–Crippen MR) is 191 cm³/mol. The first kappa shape index (κ1) is 39.6. The van der Waals surface area contributed by atoms with E-state index in [4.69, 9.17) is 33.2 Å². The van der Waals surface area contributed by atoms with E-state index in [9.17, 15) is 30.3 Å². The molecule has 3 saturated heterocycles. The number of rotatable bonds is 7. The van der Waals surface area contributed by atoms with Crippen LogP contribution < -0.4 is 0 Å². The molecule has 8 rings (SSSR count). The molecule has 20 atom stereocenters. The van der Waals surface area contributed by atoms with Gasteiger partial charge in [0.05, 0.1) is 48.3 Å². The summed E-state index contributed by atoms with van der Waals surface area (Å²) in [6.45, 7) is 10.4. The Labute approximate surface area is 319 Å². The maximum absolute atomic E-state index is 12.6. The van der Waals surface area contributed by atoms with Crippen LogP contribution in [0.25, 0.3) is 0 Å². The quantitative estimate of drug-likeness (QED) is 0.188. The Hall–Kier alpha value is -1.23. The first-order chi connectivity index (χ1) is 25.6. The zero-order chi connectivity index (χ0) is 38.3. The second-order valence-corrected chi connectivity index (χ2v) is 18.7. The molecule has 4 heterocycles. The first-order valence-corrected chi connectivity index (χ1v) is 20.8. The van der Waals surface area contributed by atoms with Gasteiger partial charge in [-0.15, -0.1) is 0 Å². The van der Waals surface area contributed by atoms with Gasteiger partial charge in [0.2, 0.25) is 0 Å². The van der Waals surface area contributed by atoms with Crippen LogP contribution in [-0.4, -0.2) is 124 Å². The number of hydrogen-bond donors (Lipinski definition) is 5. The van der Waals surface area contributed by atoms with Gasteiger partial charge in [-0.2, -0.15) is 0 Å². The lowest BCUT2D eigenvalue weighted by Crippen LogP contribution is -2.62. The number of ether oxygens (including phenoxy) is 7. The fourth-order valence-electron chi connectivity index (χ4n) is 12.8. The highest BCUT2D eigenvalue weighted by Crippen LogP contribution is 2.70. The highest BCUT2D eigenvalue weighted by Gasteiger charge is 2.68. The molecule has 4 saturated carbocycles. The van der Waals surface area contributed by atoms with Crippen LogP contribution in [0.5, 0.6) is 0 Å². The number of fused-ring (bicyclic) bond motifs is 5. The van der Waals surface area contributed by atoms with Gasteiger partial charge in [-0.05, 0) is 113 Å². The van der Waals surface area contributed by atoms with E-state index in [1.54, 1.807) is 19.9 Å². The maximum Gasteiger partial charge on any atom is 0.331 e. The molecule has 0 aromatic carbocycles. The monoisotopic (exact) mass is 764 g/mol. The third-order valence-electron chi connectivity index (χ3n) is 15.9. The molecular weight excluding hydrogens is 700 g/mol. The molecule has 0 aromatic heterocycles. The summed E-state index contributed by atoms with van der Waals surface area (Å²) in [6.07, 6.45) is 1.90. The zero-order valence-electron chi connectivity index (χ0n) is 32.6. The van der Waals surface area contributed by atoms with Crippen LogP contribution in [0.1, 0.15) is 112 Å². The molecule has 13 heteroatoms. The minimum atomic E-state index is -0.996. The Morgan fingerprint density at radius 1 is 0.685 bits per heavy atom. The van der Waals surface area contributed by atoms with Crippen molar-refractivity contribution in [2.45, 2.75) is 197 Å². The van der Waals surface area contributed by atoms with Crippen LogP contribution in [0.15, 0.2) is 11.6 Å². The van der Waals surface area contributed by atoms with Gasteiger partial charge in [-0.25, -0.2) is 4.79 Å². The molecule has 0 bridgehead atoms. The van der Waals surface area contributed by atoms with Crippen molar-refractivity contribution in [3.63, 3.8) is 0 Å². The molecule has 5 N–H and O–H groups in total. The summed E-state index contributed by atoms with van der Waals surface area (Å²) in [7, 11) is 0. The van der Waals surface area contributed by atoms with Gasteiger partial charge in [0.1, 0.15) is 24.9 Å². The molecule has 8 aliphatic rings. The first-order valence-electron chi connectivity index (χ1n) is 20.8. The number of cyclic esters (lactones) is 1. The second kappa shape index (κ2) is 14.9. The summed E-state index contributed by atoms with van der Waals surface area (Å²) in [5.41, 5.74) is 0.215. The van der Waals surface area contributed by atoms with Crippen molar-refractivity contribution >= 4 is 5.97 Å². The van der Waals surface area contributed by atoms with Gasteiger partial charge in [0.25, 0.3) is 0 Å². The predicted octanol–water partition coefficient (Wildman–Crippen LogP) is 3.25. The smallest absolute Gasteiger partial charge is 0.331 e. The summed E-state index contributed by atoms with van der Waals surface area (Å²) in [5.74, 6) is 1.13. The fraction of sp³-hybridized carbons (Fsp3) is 0.927. The Morgan fingerprint density at radius 2 is 1.30 bits per heavy atom. The molecule has 3 unspecified atom stereocenters. The van der Waals surface area contributed by atoms with Gasteiger partial charge in [-0.3, -0.25) is 0 Å². The van der Waals surface area contributed by atoms with Crippen molar-refractivity contribution in [3.05, 3.63) is 11.6 Å². The van der Waals surface area contributed by atoms with Crippen LogP contribution in [0.4, 0.5) is 0 Å². The summed E-state index contributed by atoms with van der Waals surface area (Å²) in [6, 6.07) is 0. The van der Waals surface area contributed by atoms with Crippen LogP contribution in [0, 0.1) is 34.5 Å². The molecule has 54 heavy (non-hydrogen) atoms. The van der Waals surface area contributed by atoms with Gasteiger partial charge in [0.15, 0.2) is 18.9 Å². The van der Waals surface area contributed by atoms with Crippen molar-refractivity contribution in [3.8, 4) is 0 Å². The lowest BCUT2D eigenvalue weighted by Gasteiger charge is -2.64. The summed E-state index contributed by atoms with van der Waals surface area (Å²) < 4.78 is 42.2. The van der Waals surface area contributed by atoms with Crippen molar-refractivity contribution in [2.75, 3.05) is 6.61 Å². The highest BCUT2D eigenvalue weighted by molar-refractivity contribution is 5.85. The molecule has 4 aliphatic heterocycles. The molecule has 306 valence electrons. The summed E-state index contributed by atoms with van der Waals surface area (Å²) in [4.78, 5) is 11.9. The van der Waals surface area contributed by atoms with Crippen molar-refractivity contribution in [1.82, 2.24) is 0 Å². The molecule has 4 aliphatic carbocycles. The topological polar surface area (TPSA) is 183 Å². The van der Waals surface area contributed by atoms with Gasteiger partial charge in [-0.1, -0.05) is 13.8 Å². The van der Waals surface area contributed by atoms with Crippen LogP contribution in [0.3, 0.4) is 0 Å². The third-order valence-corrected chi connectivity index (χ3v) is 15.9. The average Bonchev–Trinajstić information content (AvgIpc) is 3.66. The molecule has 0 spiro atoms. The Morgan fingerprint density at radius 3 is 1.89 bits per heavy atom. The normalized spacial score (nSPS) is 55.0. The molecular formula is C41H64O13. The highest BCUT2D eigenvalue weighted by atomic mass is 16.7. The van der Waals surface area contributed by atoms with Gasteiger partial charge < -0.3 is 58.7 Å². The number of carbonyl (C=O) groups is 1. The van der Waals surface area contributed by atoms with E-state index < -0.39 is 79.4 Å². The summed E-state index contributed by atoms with van der Waals surface area (Å²) >= 11 is 0. The van der Waals surface area contributed by atoms with Crippen molar-refractivity contribution in [1.29, 1.82) is 0 Å². The zero-order valence-corrected chi connectivity index (χ0v) is 32.6. The van der Waals surface area contributed by atoms with Gasteiger partial charge in [0, 0.05) is 30.8 Å². The van der Waals surface area contributed by atoms with Crippen molar-refractivity contribution in [2.24, 2.45) is 34.5 Å². The van der Waals surface area contributed by atoms with E-state index in [0.717, 1.165) is 63.4 Å². The largest absolute Gasteiger partial charge is 0.458 e. The third kappa shape index (κ3) is 6.82. The Kier molecular flexibility index (Phi) is 10.9. The Balaban J connectivity index is 0.826. The van der Waals surface area contributed by atoms with Crippen LogP contribution in [0.2, 0.25) is 0 Å². The van der Waals surface area contributed by atoms with E-state index >= 15 is 0 Å². The van der Waals surface area contributed by atoms with E-state index in [0.29, 0.717) is 18.4 Å². The molecule has 0 radical (unpaired) electrons. The summed E-state index contributed by atoms with van der Waals surface area (Å²) in [5, 5.41) is 55.0. The lowest BCUT2D eigenvalue weighted by molar-refractivity contribution is -0.336. The minimum absolute atomic E-state index is 0.0243. The van der Waals surface area contributed by atoms with E-state index in [2.05, 4.69) is 13.8 Å². The molecule has 7 fully saturated rings. The van der Waals surface area contributed by atoms with Gasteiger partial charge >= 0.3 is 5.97 Å². The van der Waals surface area contributed by atoms with Crippen LogP contribution in [-0.2, 0) is 38.0 Å². The van der Waals surface area contributed by atoms with E-state index in [1.807, 2.05) is 6.92 Å². The van der Waals surface area contributed by atoms with Crippen LogP contribution >= 0.6 is 0 Å². The fourth-order valence-corrected chi connectivity index (χ4v) is 12.8. The minimum Gasteiger partial charge on any atom is -0.458 e. The average molecular weight is 765 g/mol. The molecule has 13 nitrogen and oxygen atoms in total.